The number of aromatic carboxylic acids is 1. The van der Waals surface area contributed by atoms with Gasteiger partial charge in [0, 0.05) is 24.5 Å². The van der Waals surface area contributed by atoms with Crippen LogP contribution in [0.2, 0.25) is 5.02 Å². The highest BCUT2D eigenvalue weighted by Crippen LogP contribution is 2.25. The molecule has 0 aliphatic carbocycles. The fourth-order valence-electron chi connectivity index (χ4n) is 4.66. The predicted molar refractivity (Wildman–Crippen MR) is 162 cm³/mol. The van der Waals surface area contributed by atoms with Crippen LogP contribution in [0.25, 0.3) is 11.1 Å². The number of nitrogens with zero attached hydrogens (tertiary/aromatic N) is 1. The second-order valence-electron chi connectivity index (χ2n) is 9.97. The normalized spacial score (nSPS) is 11.0. The molecule has 41 heavy (non-hydrogen) atoms. The quantitative estimate of drug-likeness (QED) is 0.143. The molecule has 0 amide bonds. The summed E-state index contributed by atoms with van der Waals surface area (Å²) in [6.07, 6.45) is 2.35. The van der Waals surface area contributed by atoms with Gasteiger partial charge < -0.3 is 14.9 Å². The van der Waals surface area contributed by atoms with E-state index in [1.165, 1.54) is 5.56 Å². The Balaban J connectivity index is 1.37. The maximum absolute atomic E-state index is 11.2. The molecule has 0 aliphatic heterocycles. The summed E-state index contributed by atoms with van der Waals surface area (Å²) in [6.45, 7) is 2.64. The van der Waals surface area contributed by atoms with Crippen molar-refractivity contribution >= 4 is 23.5 Å². The van der Waals surface area contributed by atoms with Crippen LogP contribution in [0.1, 0.15) is 46.3 Å². The SMILES string of the molecule is O=C(O)CCCCN(CCc1ccccc1COc1ccc(-c2ccc(Cl)cc2)cc1)Cc1ccc(C(=O)O)cc1. The topological polar surface area (TPSA) is 87.1 Å². The van der Waals surface area contributed by atoms with Crippen molar-refractivity contribution in [1.29, 1.82) is 0 Å². The van der Waals surface area contributed by atoms with Crippen LogP contribution < -0.4 is 4.74 Å². The molecule has 0 aromatic heterocycles. The molecule has 6 nitrogen and oxygen atoms in total. The van der Waals surface area contributed by atoms with E-state index in [-0.39, 0.29) is 12.0 Å². The van der Waals surface area contributed by atoms with Gasteiger partial charge in [-0.05, 0) is 90.0 Å². The molecule has 7 heteroatoms. The highest BCUT2D eigenvalue weighted by Gasteiger charge is 2.11. The number of halogens is 1. The lowest BCUT2D eigenvalue weighted by molar-refractivity contribution is -0.137. The minimum Gasteiger partial charge on any atom is -0.489 e. The molecule has 0 saturated heterocycles. The first-order valence-electron chi connectivity index (χ1n) is 13.7. The van der Waals surface area contributed by atoms with Gasteiger partial charge in [-0.2, -0.15) is 0 Å². The zero-order chi connectivity index (χ0) is 29.0. The van der Waals surface area contributed by atoms with Gasteiger partial charge in [0.05, 0.1) is 5.56 Å². The molecule has 0 saturated carbocycles. The third kappa shape index (κ3) is 9.48. The van der Waals surface area contributed by atoms with Crippen LogP contribution in [0.4, 0.5) is 0 Å². The average Bonchev–Trinajstić information content (AvgIpc) is 2.98. The Morgan fingerprint density at radius 1 is 0.732 bits per heavy atom. The van der Waals surface area contributed by atoms with Crippen molar-refractivity contribution in [1.82, 2.24) is 4.90 Å². The van der Waals surface area contributed by atoms with Crippen molar-refractivity contribution in [3.63, 3.8) is 0 Å². The van der Waals surface area contributed by atoms with Gasteiger partial charge in [-0.1, -0.05) is 72.3 Å². The maximum Gasteiger partial charge on any atom is 0.335 e. The van der Waals surface area contributed by atoms with E-state index in [0.717, 1.165) is 53.9 Å². The average molecular weight is 572 g/mol. The number of unbranched alkanes of at least 4 members (excludes halogenated alkanes) is 1. The lowest BCUT2D eigenvalue weighted by atomic mass is 10.0. The zero-order valence-corrected chi connectivity index (χ0v) is 23.6. The lowest BCUT2D eigenvalue weighted by Crippen LogP contribution is -2.27. The van der Waals surface area contributed by atoms with Gasteiger partial charge >= 0.3 is 11.9 Å². The second-order valence-corrected chi connectivity index (χ2v) is 10.4. The van der Waals surface area contributed by atoms with Gasteiger partial charge in [0.15, 0.2) is 0 Å². The van der Waals surface area contributed by atoms with Crippen LogP contribution >= 0.6 is 11.6 Å². The monoisotopic (exact) mass is 571 g/mol. The number of hydrogen-bond acceptors (Lipinski definition) is 4. The van der Waals surface area contributed by atoms with E-state index in [1.54, 1.807) is 12.1 Å². The Bertz CT molecular complexity index is 1420. The molecular formula is C34H34ClNO5. The van der Waals surface area contributed by atoms with Crippen LogP contribution in [0.5, 0.6) is 5.75 Å². The number of benzene rings is 4. The fraction of sp³-hybridized carbons (Fsp3) is 0.235. The van der Waals surface area contributed by atoms with E-state index in [0.29, 0.717) is 24.6 Å². The molecule has 0 spiro atoms. The number of carbonyl (C=O) groups is 2. The van der Waals surface area contributed by atoms with Crippen LogP contribution in [-0.2, 0) is 24.4 Å². The molecular weight excluding hydrogens is 538 g/mol. The fourth-order valence-corrected chi connectivity index (χ4v) is 4.79. The number of rotatable bonds is 15. The predicted octanol–water partition coefficient (Wildman–Crippen LogP) is 7.58. The highest BCUT2D eigenvalue weighted by molar-refractivity contribution is 6.30. The van der Waals surface area contributed by atoms with E-state index in [4.69, 9.17) is 21.4 Å². The van der Waals surface area contributed by atoms with Crippen LogP contribution in [0.15, 0.2) is 97.1 Å². The largest absolute Gasteiger partial charge is 0.489 e. The van der Waals surface area contributed by atoms with Crippen LogP contribution in [0.3, 0.4) is 0 Å². The van der Waals surface area contributed by atoms with Gasteiger partial charge in [-0.3, -0.25) is 9.69 Å². The molecule has 0 aliphatic rings. The second kappa shape index (κ2) is 15.0. The smallest absolute Gasteiger partial charge is 0.335 e. The number of carboxylic acids is 2. The molecule has 212 valence electrons. The summed E-state index contributed by atoms with van der Waals surface area (Å²) in [7, 11) is 0. The van der Waals surface area contributed by atoms with Crippen molar-refractivity contribution in [2.24, 2.45) is 0 Å². The number of ether oxygens (including phenoxy) is 1. The van der Waals surface area contributed by atoms with E-state index >= 15 is 0 Å². The Labute approximate surface area is 245 Å². The maximum atomic E-state index is 11.2. The standard InChI is InChI=1S/C34H34ClNO5/c35-31-16-12-27(13-17-31)28-14-18-32(19-15-28)41-24-30-6-2-1-5-26(30)20-22-36(21-4-3-7-33(37)38)23-25-8-10-29(11-9-25)34(39)40/h1-2,5-6,8-19H,3-4,7,20-24H2,(H,37,38)(H,39,40). The molecule has 4 rings (SSSR count). The van der Waals surface area contributed by atoms with Gasteiger partial charge in [-0.15, -0.1) is 0 Å². The summed E-state index contributed by atoms with van der Waals surface area (Å²) in [6, 6.07) is 30.9. The van der Waals surface area contributed by atoms with Gasteiger partial charge in [0.1, 0.15) is 12.4 Å². The Morgan fingerprint density at radius 3 is 2.00 bits per heavy atom. The van der Waals surface area contributed by atoms with Crippen molar-refractivity contribution in [3.8, 4) is 16.9 Å². The summed E-state index contributed by atoms with van der Waals surface area (Å²) < 4.78 is 6.14. The van der Waals surface area contributed by atoms with Crippen molar-refractivity contribution in [2.75, 3.05) is 13.1 Å². The molecule has 0 radical (unpaired) electrons. The molecule has 0 unspecified atom stereocenters. The van der Waals surface area contributed by atoms with Crippen molar-refractivity contribution in [2.45, 2.75) is 38.8 Å². The van der Waals surface area contributed by atoms with Crippen molar-refractivity contribution in [3.05, 3.63) is 124 Å². The van der Waals surface area contributed by atoms with Crippen LogP contribution in [0, 0.1) is 0 Å². The van der Waals surface area contributed by atoms with E-state index in [9.17, 15) is 14.7 Å². The Morgan fingerprint density at radius 2 is 1.37 bits per heavy atom. The minimum atomic E-state index is -0.946. The first kappa shape index (κ1) is 29.8. The van der Waals surface area contributed by atoms with E-state index in [1.807, 2.05) is 72.8 Å². The molecule has 4 aromatic rings. The molecule has 0 atom stereocenters. The molecule has 4 aromatic carbocycles. The van der Waals surface area contributed by atoms with Gasteiger partial charge in [0.2, 0.25) is 0 Å². The van der Waals surface area contributed by atoms with E-state index < -0.39 is 11.9 Å². The molecule has 2 N–H and O–H groups in total. The van der Waals surface area contributed by atoms with E-state index in [2.05, 4.69) is 17.0 Å². The van der Waals surface area contributed by atoms with Crippen molar-refractivity contribution < 1.29 is 24.5 Å². The third-order valence-electron chi connectivity index (χ3n) is 6.96. The van der Waals surface area contributed by atoms with Gasteiger partial charge in [-0.25, -0.2) is 4.79 Å². The minimum absolute atomic E-state index is 0.155. The van der Waals surface area contributed by atoms with Crippen LogP contribution in [-0.4, -0.2) is 40.1 Å². The summed E-state index contributed by atoms with van der Waals surface area (Å²) >= 11 is 6.01. The summed E-state index contributed by atoms with van der Waals surface area (Å²) in [5.74, 6) is -0.935. The number of aliphatic carboxylic acids is 1. The summed E-state index contributed by atoms with van der Waals surface area (Å²) in [5.41, 5.74) is 5.78. The molecule has 0 bridgehead atoms. The first-order chi connectivity index (χ1) is 19.9. The lowest BCUT2D eigenvalue weighted by Gasteiger charge is -2.23. The molecule has 0 heterocycles. The zero-order valence-electron chi connectivity index (χ0n) is 22.8. The molecule has 0 fully saturated rings. The van der Waals surface area contributed by atoms with Gasteiger partial charge in [0.25, 0.3) is 0 Å². The first-order valence-corrected chi connectivity index (χ1v) is 14.1. The number of hydrogen-bond donors (Lipinski definition) is 2. The Kier molecular flexibility index (Phi) is 10.9. The Hall–Kier alpha value is -4.13. The number of carboxylic acid groups (broad SMARTS) is 2. The summed E-state index contributed by atoms with van der Waals surface area (Å²) in [5, 5.41) is 18.9. The third-order valence-corrected chi connectivity index (χ3v) is 7.22. The highest BCUT2D eigenvalue weighted by atomic mass is 35.5. The summed E-state index contributed by atoms with van der Waals surface area (Å²) in [4.78, 5) is 24.5.